The van der Waals surface area contributed by atoms with E-state index in [1.165, 1.54) is 30.5 Å². The monoisotopic (exact) mass is 411 g/mol. The fraction of sp³-hybridized carbons (Fsp3) is 0.227. The fourth-order valence-corrected chi connectivity index (χ4v) is 3.12. The van der Waals surface area contributed by atoms with Crippen molar-refractivity contribution < 1.29 is 23.1 Å². The molecule has 30 heavy (non-hydrogen) atoms. The van der Waals surface area contributed by atoms with E-state index in [-0.39, 0.29) is 12.4 Å². The van der Waals surface area contributed by atoms with Gasteiger partial charge in [-0.3, -0.25) is 4.79 Å². The average molecular weight is 411 g/mol. The SMILES string of the molecule is CCOC(=O)C(NC(=O)C=Cc1ccco1)c1c(C)nn(-c2ccc(F)cc2)c1C. The van der Waals surface area contributed by atoms with Gasteiger partial charge in [0.1, 0.15) is 11.6 Å². The molecule has 1 aromatic carbocycles. The van der Waals surface area contributed by atoms with Crippen molar-refractivity contribution in [2.45, 2.75) is 26.8 Å². The van der Waals surface area contributed by atoms with Crippen LogP contribution in [0.3, 0.4) is 0 Å². The Hall–Kier alpha value is -3.68. The number of esters is 1. The van der Waals surface area contributed by atoms with Crippen LogP contribution in [0.25, 0.3) is 11.8 Å². The van der Waals surface area contributed by atoms with Crippen LogP contribution in [0, 0.1) is 19.7 Å². The normalized spacial score (nSPS) is 12.1. The molecule has 0 spiro atoms. The van der Waals surface area contributed by atoms with Crippen LogP contribution in [-0.4, -0.2) is 28.3 Å². The van der Waals surface area contributed by atoms with E-state index in [2.05, 4.69) is 10.4 Å². The maximum Gasteiger partial charge on any atom is 0.333 e. The number of furan rings is 1. The molecule has 1 amide bonds. The molecule has 0 aliphatic carbocycles. The first kappa shape index (κ1) is 21.0. The molecule has 156 valence electrons. The molecule has 2 aromatic heterocycles. The van der Waals surface area contributed by atoms with Crippen molar-refractivity contribution in [3.05, 3.63) is 77.3 Å². The van der Waals surface area contributed by atoms with Gasteiger partial charge in [0.15, 0.2) is 6.04 Å². The zero-order chi connectivity index (χ0) is 21.7. The molecular formula is C22H22FN3O4. The molecule has 2 heterocycles. The van der Waals surface area contributed by atoms with E-state index < -0.39 is 17.9 Å². The maximum absolute atomic E-state index is 13.3. The van der Waals surface area contributed by atoms with Gasteiger partial charge in [-0.1, -0.05) is 0 Å². The fourth-order valence-electron chi connectivity index (χ4n) is 3.12. The minimum absolute atomic E-state index is 0.164. The van der Waals surface area contributed by atoms with E-state index in [9.17, 15) is 14.0 Å². The van der Waals surface area contributed by atoms with Gasteiger partial charge in [-0.25, -0.2) is 13.9 Å². The van der Waals surface area contributed by atoms with Crippen LogP contribution in [0.5, 0.6) is 0 Å². The van der Waals surface area contributed by atoms with Crippen LogP contribution in [-0.2, 0) is 14.3 Å². The highest BCUT2D eigenvalue weighted by molar-refractivity contribution is 5.94. The molecule has 0 saturated carbocycles. The Labute approximate surface area is 173 Å². The second-order valence-corrected chi connectivity index (χ2v) is 6.52. The molecule has 1 N–H and O–H groups in total. The van der Waals surface area contributed by atoms with E-state index >= 15 is 0 Å². The largest absolute Gasteiger partial charge is 0.465 e. The number of aromatic nitrogens is 2. The zero-order valence-corrected chi connectivity index (χ0v) is 16.9. The molecular weight excluding hydrogens is 389 g/mol. The highest BCUT2D eigenvalue weighted by atomic mass is 19.1. The number of benzene rings is 1. The summed E-state index contributed by atoms with van der Waals surface area (Å²) >= 11 is 0. The van der Waals surface area contributed by atoms with Crippen molar-refractivity contribution in [1.82, 2.24) is 15.1 Å². The standard InChI is InChI=1S/C22H22FN3O4/c1-4-29-22(28)21(24-19(27)12-11-18-6-5-13-30-18)20-14(2)25-26(15(20)3)17-9-7-16(23)8-10-17/h5-13,21H,4H2,1-3H3,(H,24,27). The summed E-state index contributed by atoms with van der Waals surface area (Å²) < 4.78 is 25.2. The molecule has 0 fully saturated rings. The summed E-state index contributed by atoms with van der Waals surface area (Å²) in [4.78, 5) is 25.1. The van der Waals surface area contributed by atoms with Crippen molar-refractivity contribution in [1.29, 1.82) is 0 Å². The van der Waals surface area contributed by atoms with E-state index in [1.54, 1.807) is 49.7 Å². The lowest BCUT2D eigenvalue weighted by molar-refractivity contribution is -0.147. The second kappa shape index (κ2) is 9.21. The quantitative estimate of drug-likeness (QED) is 0.474. The topological polar surface area (TPSA) is 86.4 Å². The molecule has 0 saturated heterocycles. The van der Waals surface area contributed by atoms with Crippen LogP contribution in [0.4, 0.5) is 4.39 Å². The summed E-state index contributed by atoms with van der Waals surface area (Å²) in [5, 5.41) is 7.15. The molecule has 0 radical (unpaired) electrons. The molecule has 1 atom stereocenters. The Morgan fingerprint density at radius 3 is 2.63 bits per heavy atom. The number of ether oxygens (including phenoxy) is 1. The van der Waals surface area contributed by atoms with Crippen LogP contribution in [0.15, 0.2) is 53.2 Å². The second-order valence-electron chi connectivity index (χ2n) is 6.52. The first-order valence-corrected chi connectivity index (χ1v) is 9.41. The van der Waals surface area contributed by atoms with Crippen molar-refractivity contribution >= 4 is 18.0 Å². The lowest BCUT2D eigenvalue weighted by Crippen LogP contribution is -2.34. The summed E-state index contributed by atoms with van der Waals surface area (Å²) in [6.07, 6.45) is 4.27. The molecule has 3 rings (SSSR count). The third kappa shape index (κ3) is 4.65. The van der Waals surface area contributed by atoms with Gasteiger partial charge >= 0.3 is 5.97 Å². The summed E-state index contributed by atoms with van der Waals surface area (Å²) in [6, 6.07) is 8.19. The molecule has 3 aromatic rings. The van der Waals surface area contributed by atoms with E-state index in [0.29, 0.717) is 28.4 Å². The first-order chi connectivity index (χ1) is 14.4. The van der Waals surface area contributed by atoms with Crippen molar-refractivity contribution in [2.75, 3.05) is 6.61 Å². The minimum Gasteiger partial charge on any atom is -0.465 e. The predicted octanol–water partition coefficient (Wildman–Crippen LogP) is 3.66. The Morgan fingerprint density at radius 1 is 1.27 bits per heavy atom. The van der Waals surface area contributed by atoms with E-state index in [4.69, 9.17) is 9.15 Å². The summed E-state index contributed by atoms with van der Waals surface area (Å²) in [5.41, 5.74) is 2.34. The molecule has 0 aliphatic heterocycles. The Morgan fingerprint density at radius 2 is 2.00 bits per heavy atom. The Balaban J connectivity index is 1.93. The molecule has 7 nitrogen and oxygen atoms in total. The number of hydrogen-bond donors (Lipinski definition) is 1. The minimum atomic E-state index is -1.05. The van der Waals surface area contributed by atoms with Gasteiger partial charge in [0.2, 0.25) is 5.91 Å². The average Bonchev–Trinajstić information content (AvgIpc) is 3.34. The van der Waals surface area contributed by atoms with Crippen molar-refractivity contribution in [3.8, 4) is 5.69 Å². The van der Waals surface area contributed by atoms with Gasteiger partial charge in [-0.05, 0) is 63.2 Å². The lowest BCUT2D eigenvalue weighted by atomic mass is 10.0. The van der Waals surface area contributed by atoms with Gasteiger partial charge in [-0.15, -0.1) is 0 Å². The van der Waals surface area contributed by atoms with E-state index in [0.717, 1.165) is 0 Å². The van der Waals surface area contributed by atoms with Gasteiger partial charge in [-0.2, -0.15) is 5.10 Å². The van der Waals surface area contributed by atoms with Crippen LogP contribution >= 0.6 is 0 Å². The van der Waals surface area contributed by atoms with Crippen LogP contribution in [0.2, 0.25) is 0 Å². The Kier molecular flexibility index (Phi) is 6.46. The van der Waals surface area contributed by atoms with Crippen molar-refractivity contribution in [2.24, 2.45) is 0 Å². The third-order valence-corrected chi connectivity index (χ3v) is 4.46. The number of carbonyl (C=O) groups excluding carboxylic acids is 2. The van der Waals surface area contributed by atoms with E-state index in [1.807, 2.05) is 0 Å². The molecule has 0 aliphatic rings. The smallest absolute Gasteiger partial charge is 0.333 e. The number of amides is 1. The predicted molar refractivity (Wildman–Crippen MR) is 108 cm³/mol. The van der Waals surface area contributed by atoms with Gasteiger partial charge in [0.05, 0.1) is 24.3 Å². The van der Waals surface area contributed by atoms with Gasteiger partial charge in [0.25, 0.3) is 0 Å². The Bertz CT molecular complexity index is 1050. The van der Waals surface area contributed by atoms with Gasteiger partial charge < -0.3 is 14.5 Å². The summed E-state index contributed by atoms with van der Waals surface area (Å²) in [7, 11) is 0. The van der Waals surface area contributed by atoms with Crippen LogP contribution < -0.4 is 5.32 Å². The molecule has 0 bridgehead atoms. The van der Waals surface area contributed by atoms with Gasteiger partial charge in [0, 0.05) is 17.3 Å². The number of hydrogen-bond acceptors (Lipinski definition) is 5. The number of aryl methyl sites for hydroxylation is 1. The molecule has 8 heteroatoms. The highest BCUT2D eigenvalue weighted by Gasteiger charge is 2.30. The number of rotatable bonds is 7. The lowest BCUT2D eigenvalue weighted by Gasteiger charge is -2.17. The summed E-state index contributed by atoms with van der Waals surface area (Å²) in [6.45, 7) is 5.36. The maximum atomic E-state index is 13.3. The number of nitrogens with one attached hydrogen (secondary N) is 1. The van der Waals surface area contributed by atoms with Crippen LogP contribution in [0.1, 0.15) is 35.7 Å². The number of nitrogens with zero attached hydrogens (tertiary/aromatic N) is 2. The van der Waals surface area contributed by atoms with Crippen molar-refractivity contribution in [3.63, 3.8) is 0 Å². The highest BCUT2D eigenvalue weighted by Crippen LogP contribution is 2.25. The summed E-state index contributed by atoms with van der Waals surface area (Å²) in [5.74, 6) is -0.935. The number of carbonyl (C=O) groups is 2. The zero-order valence-electron chi connectivity index (χ0n) is 16.9. The third-order valence-electron chi connectivity index (χ3n) is 4.46. The number of halogens is 1. The first-order valence-electron chi connectivity index (χ1n) is 9.41. The molecule has 1 unspecified atom stereocenters.